The number of benzene rings is 2. The van der Waals surface area contributed by atoms with Gasteiger partial charge in [-0.15, -0.1) is 11.3 Å². The van der Waals surface area contributed by atoms with Crippen LogP contribution >= 0.6 is 11.3 Å². The van der Waals surface area contributed by atoms with Crippen molar-refractivity contribution in [1.29, 1.82) is 0 Å². The fourth-order valence-corrected chi connectivity index (χ4v) is 4.58. The van der Waals surface area contributed by atoms with Gasteiger partial charge in [0.05, 0.1) is 6.42 Å². The largest absolute Gasteiger partial charge is 0.438 e. The van der Waals surface area contributed by atoms with Gasteiger partial charge in [-0.05, 0) is 47.5 Å². The molecule has 1 aliphatic heterocycles. The lowest BCUT2D eigenvalue weighted by Crippen LogP contribution is -2.31. The van der Waals surface area contributed by atoms with Gasteiger partial charge in [0, 0.05) is 11.4 Å². The van der Waals surface area contributed by atoms with Crippen molar-refractivity contribution in [3.8, 4) is 11.1 Å². The first-order valence-corrected chi connectivity index (χ1v) is 10.4. The Morgan fingerprint density at radius 3 is 2.82 bits per heavy atom. The fraction of sp³-hybridized carbons (Fsp3) is 0.217. The zero-order valence-corrected chi connectivity index (χ0v) is 16.2. The van der Waals surface area contributed by atoms with Gasteiger partial charge < -0.3 is 9.32 Å². The molecule has 4 nitrogen and oxygen atoms in total. The molecule has 0 N–H and O–H groups in total. The van der Waals surface area contributed by atoms with Crippen LogP contribution in [0.2, 0.25) is 0 Å². The molecule has 0 spiro atoms. The number of thiophene rings is 1. The summed E-state index contributed by atoms with van der Waals surface area (Å²) in [5.41, 5.74) is 3.88. The topological polar surface area (TPSA) is 46.3 Å². The number of hydrogen-bond donors (Lipinski definition) is 0. The first kappa shape index (κ1) is 17.2. The molecule has 0 bridgehead atoms. The minimum atomic E-state index is -0.0694. The van der Waals surface area contributed by atoms with Gasteiger partial charge in [0.2, 0.25) is 11.8 Å². The van der Waals surface area contributed by atoms with Crippen LogP contribution in [0.3, 0.4) is 0 Å². The summed E-state index contributed by atoms with van der Waals surface area (Å²) in [7, 11) is 0. The monoisotopic (exact) mass is 388 g/mol. The maximum atomic E-state index is 12.8. The molecule has 5 rings (SSSR count). The number of amides is 1. The van der Waals surface area contributed by atoms with E-state index >= 15 is 0 Å². The molecule has 4 aromatic rings. The van der Waals surface area contributed by atoms with Crippen LogP contribution in [0.1, 0.15) is 29.7 Å². The third-order valence-electron chi connectivity index (χ3n) is 5.27. The Hall–Kier alpha value is -2.92. The number of carbonyl (C=O) groups is 1. The van der Waals surface area contributed by atoms with Crippen molar-refractivity contribution in [1.82, 2.24) is 9.88 Å². The highest BCUT2D eigenvalue weighted by atomic mass is 32.1. The summed E-state index contributed by atoms with van der Waals surface area (Å²) >= 11 is 1.62. The molecular weight excluding hydrogens is 368 g/mol. The summed E-state index contributed by atoms with van der Waals surface area (Å²) in [6.07, 6.45) is 2.33. The number of hydrogen-bond acceptors (Lipinski definition) is 4. The van der Waals surface area contributed by atoms with E-state index in [1.807, 2.05) is 46.7 Å². The molecule has 0 unspecified atom stereocenters. The van der Waals surface area contributed by atoms with Crippen LogP contribution in [0.15, 0.2) is 70.5 Å². The highest BCUT2D eigenvalue weighted by Crippen LogP contribution is 2.34. The summed E-state index contributed by atoms with van der Waals surface area (Å²) in [5.74, 6) is 0.800. The number of rotatable bonds is 4. The zero-order chi connectivity index (χ0) is 18.9. The number of nitrogens with zero attached hydrogens (tertiary/aromatic N) is 2. The second-order valence-electron chi connectivity index (χ2n) is 7.10. The van der Waals surface area contributed by atoms with Crippen LogP contribution in [0, 0.1) is 0 Å². The van der Waals surface area contributed by atoms with Crippen molar-refractivity contribution >= 4 is 28.3 Å². The average Bonchev–Trinajstić information content (AvgIpc) is 3.47. The smallest absolute Gasteiger partial charge is 0.228 e. The molecule has 5 heteroatoms. The Morgan fingerprint density at radius 1 is 1.11 bits per heavy atom. The third kappa shape index (κ3) is 3.22. The molecule has 1 atom stereocenters. The van der Waals surface area contributed by atoms with Gasteiger partial charge in [0.25, 0.3) is 0 Å². The Labute approximate surface area is 167 Å². The van der Waals surface area contributed by atoms with E-state index in [0.717, 1.165) is 46.5 Å². The fourth-order valence-electron chi connectivity index (χ4n) is 3.88. The molecule has 1 saturated heterocycles. The SMILES string of the molecule is O=C(Cc1cccs1)N1CCC[C@H]1c1nc2cc(-c3ccccc3)ccc2o1. The predicted octanol–water partition coefficient (Wildman–Crippen LogP) is 5.46. The summed E-state index contributed by atoms with van der Waals surface area (Å²) < 4.78 is 6.06. The normalized spacial score (nSPS) is 16.7. The van der Waals surface area contributed by atoms with Crippen molar-refractivity contribution in [3.05, 3.63) is 76.8 Å². The van der Waals surface area contributed by atoms with E-state index < -0.39 is 0 Å². The van der Waals surface area contributed by atoms with Crippen LogP contribution < -0.4 is 0 Å². The molecule has 1 amide bonds. The maximum Gasteiger partial charge on any atom is 0.228 e. The third-order valence-corrected chi connectivity index (χ3v) is 6.15. The minimum absolute atomic E-state index is 0.0694. The second-order valence-corrected chi connectivity index (χ2v) is 8.13. The van der Waals surface area contributed by atoms with Gasteiger partial charge in [0.15, 0.2) is 5.58 Å². The lowest BCUT2D eigenvalue weighted by Gasteiger charge is -2.22. The van der Waals surface area contributed by atoms with Crippen LogP contribution in [-0.2, 0) is 11.2 Å². The highest BCUT2D eigenvalue weighted by Gasteiger charge is 2.33. The molecular formula is C23H20N2O2S. The lowest BCUT2D eigenvalue weighted by molar-refractivity contribution is -0.131. The first-order chi connectivity index (χ1) is 13.8. The number of fused-ring (bicyclic) bond motifs is 1. The van der Waals surface area contributed by atoms with Crippen LogP contribution in [0.4, 0.5) is 0 Å². The van der Waals surface area contributed by atoms with Crippen LogP contribution in [0.5, 0.6) is 0 Å². The Bertz CT molecular complexity index is 1100. The van der Waals surface area contributed by atoms with Gasteiger partial charge in [-0.25, -0.2) is 4.98 Å². The Morgan fingerprint density at radius 2 is 2.00 bits per heavy atom. The van der Waals surface area contributed by atoms with E-state index in [0.29, 0.717) is 12.3 Å². The molecule has 3 heterocycles. The van der Waals surface area contributed by atoms with Gasteiger partial charge in [0.1, 0.15) is 11.6 Å². The summed E-state index contributed by atoms with van der Waals surface area (Å²) in [6.45, 7) is 0.767. The Balaban J connectivity index is 1.42. The molecule has 0 radical (unpaired) electrons. The Kier molecular flexibility index (Phi) is 4.45. The van der Waals surface area contributed by atoms with Crippen molar-refractivity contribution in [2.75, 3.05) is 6.54 Å². The lowest BCUT2D eigenvalue weighted by atomic mass is 10.1. The minimum Gasteiger partial charge on any atom is -0.438 e. The van der Waals surface area contributed by atoms with E-state index in [1.165, 1.54) is 0 Å². The van der Waals surface area contributed by atoms with Gasteiger partial charge in [-0.3, -0.25) is 4.79 Å². The van der Waals surface area contributed by atoms with E-state index in [1.54, 1.807) is 11.3 Å². The van der Waals surface area contributed by atoms with Crippen LogP contribution in [0.25, 0.3) is 22.2 Å². The summed E-state index contributed by atoms with van der Waals surface area (Å²) in [6, 6.07) is 20.3. The molecule has 2 aromatic carbocycles. The highest BCUT2D eigenvalue weighted by molar-refractivity contribution is 7.10. The van der Waals surface area contributed by atoms with Gasteiger partial charge >= 0.3 is 0 Å². The first-order valence-electron chi connectivity index (χ1n) is 9.56. The molecule has 0 aliphatic carbocycles. The zero-order valence-electron chi connectivity index (χ0n) is 15.4. The van der Waals surface area contributed by atoms with Crippen molar-refractivity contribution in [2.24, 2.45) is 0 Å². The predicted molar refractivity (Wildman–Crippen MR) is 111 cm³/mol. The standard InChI is InChI=1S/C23H20N2O2S/c26-22(15-18-8-5-13-28-18)25-12-4-9-20(25)23-24-19-14-17(10-11-21(19)27-23)16-6-2-1-3-7-16/h1-3,5-8,10-11,13-14,20H,4,9,12,15H2/t20-/m0/s1. The number of likely N-dealkylation sites (tertiary alicyclic amines) is 1. The van der Waals surface area contributed by atoms with Crippen molar-refractivity contribution < 1.29 is 9.21 Å². The van der Waals surface area contributed by atoms with E-state index in [4.69, 9.17) is 9.40 Å². The van der Waals surface area contributed by atoms with E-state index in [-0.39, 0.29) is 11.9 Å². The quantitative estimate of drug-likeness (QED) is 0.466. The number of aromatic nitrogens is 1. The number of oxazole rings is 1. The molecule has 0 saturated carbocycles. The van der Waals surface area contributed by atoms with E-state index in [9.17, 15) is 4.79 Å². The maximum absolute atomic E-state index is 12.8. The molecule has 1 fully saturated rings. The average molecular weight is 388 g/mol. The van der Waals surface area contributed by atoms with Crippen LogP contribution in [-0.4, -0.2) is 22.3 Å². The van der Waals surface area contributed by atoms with E-state index in [2.05, 4.69) is 24.3 Å². The summed E-state index contributed by atoms with van der Waals surface area (Å²) in [4.78, 5) is 20.6. The van der Waals surface area contributed by atoms with Crippen molar-refractivity contribution in [2.45, 2.75) is 25.3 Å². The number of carbonyl (C=O) groups excluding carboxylic acids is 1. The summed E-state index contributed by atoms with van der Waals surface area (Å²) in [5, 5.41) is 2.01. The molecule has 140 valence electrons. The molecule has 1 aliphatic rings. The van der Waals surface area contributed by atoms with Gasteiger partial charge in [-0.2, -0.15) is 0 Å². The van der Waals surface area contributed by atoms with Gasteiger partial charge in [-0.1, -0.05) is 42.5 Å². The molecule has 28 heavy (non-hydrogen) atoms. The second kappa shape index (κ2) is 7.24. The molecule has 2 aromatic heterocycles. The van der Waals surface area contributed by atoms with Crippen molar-refractivity contribution in [3.63, 3.8) is 0 Å².